The summed E-state index contributed by atoms with van der Waals surface area (Å²) in [6.45, 7) is -5.91. The molecule has 1 fully saturated rings. The van der Waals surface area contributed by atoms with Gasteiger partial charge in [-0.25, -0.2) is 0 Å². The van der Waals surface area contributed by atoms with Crippen molar-refractivity contribution < 1.29 is 18.5 Å². The molecule has 0 atom stereocenters. The van der Waals surface area contributed by atoms with E-state index in [1.54, 1.807) is 0 Å². The van der Waals surface area contributed by atoms with Crippen molar-refractivity contribution in [2.45, 2.75) is 19.1 Å². The average Bonchev–Trinajstić information content (AvgIpc) is 3.16. The van der Waals surface area contributed by atoms with Crippen molar-refractivity contribution in [3.05, 3.63) is 62.9 Å². The summed E-state index contributed by atoms with van der Waals surface area (Å²) in [4.78, 5) is 13.5. The highest BCUT2D eigenvalue weighted by atomic mass is 32.1. The zero-order valence-corrected chi connectivity index (χ0v) is 12.5. The summed E-state index contributed by atoms with van der Waals surface area (Å²) in [7, 11) is 0.982. The number of thiophene rings is 1. The maximum atomic E-state index is 13.1. The van der Waals surface area contributed by atoms with E-state index in [1.165, 1.54) is 35.7 Å². The molecule has 1 aromatic heterocycles. The molecular formula is C19H19NOS. The van der Waals surface area contributed by atoms with E-state index >= 15 is 0 Å². The van der Waals surface area contributed by atoms with Gasteiger partial charge in [0.05, 0.1) is 4.88 Å². The Balaban J connectivity index is 2.27. The van der Waals surface area contributed by atoms with Gasteiger partial charge in [-0.15, -0.1) is 11.3 Å². The van der Waals surface area contributed by atoms with Gasteiger partial charge in [0.25, 0.3) is 0 Å². The molecule has 4 rings (SSSR count). The van der Waals surface area contributed by atoms with Crippen LogP contribution in [0.4, 0.5) is 0 Å². The van der Waals surface area contributed by atoms with Crippen LogP contribution in [-0.4, -0.2) is 30.7 Å². The lowest BCUT2D eigenvalue weighted by molar-refractivity contribution is 0.0997. The van der Waals surface area contributed by atoms with E-state index in [0.717, 1.165) is 18.4 Å². The molecule has 0 bridgehead atoms. The molecule has 1 saturated heterocycles. The Morgan fingerprint density at radius 1 is 1.14 bits per heavy atom. The quantitative estimate of drug-likeness (QED) is 0.731. The van der Waals surface area contributed by atoms with E-state index in [1.807, 2.05) is 0 Å². The normalized spacial score (nSPS) is 37.0. The number of fused-ring (bicyclic) bond motifs is 2. The predicted octanol–water partition coefficient (Wildman–Crippen LogP) is 4.01. The first-order valence-electron chi connectivity index (χ1n) is 11.7. The third-order valence-corrected chi connectivity index (χ3v) is 4.45. The van der Waals surface area contributed by atoms with Crippen molar-refractivity contribution in [1.29, 1.82) is 0 Å². The zero-order chi connectivity index (χ0) is 24.1. The third kappa shape index (κ3) is 2.25. The molecule has 0 radical (unpaired) electrons. The van der Waals surface area contributed by atoms with Crippen molar-refractivity contribution in [2.24, 2.45) is 0 Å². The summed E-state index contributed by atoms with van der Waals surface area (Å²) >= 11 is 0.922. The molecule has 2 aliphatic rings. The predicted molar refractivity (Wildman–Crippen MR) is 91.5 cm³/mol. The molecule has 22 heavy (non-hydrogen) atoms. The van der Waals surface area contributed by atoms with Gasteiger partial charge >= 0.3 is 0 Å². The monoisotopic (exact) mass is 319 g/mol. The van der Waals surface area contributed by atoms with E-state index in [2.05, 4.69) is 0 Å². The average molecular weight is 319 g/mol. The molecule has 0 unspecified atom stereocenters. The number of Topliss-reactive ketones (excluding diaryl/α,β-unsaturated/α-hetero) is 1. The van der Waals surface area contributed by atoms with Crippen molar-refractivity contribution in [3.63, 3.8) is 0 Å². The van der Waals surface area contributed by atoms with Gasteiger partial charge in [0.15, 0.2) is 5.78 Å². The molecule has 1 aliphatic carbocycles. The van der Waals surface area contributed by atoms with Crippen LogP contribution in [0.2, 0.25) is 0 Å². The van der Waals surface area contributed by atoms with Crippen molar-refractivity contribution in [1.82, 2.24) is 4.90 Å². The molecule has 2 nitrogen and oxygen atoms in total. The fourth-order valence-corrected chi connectivity index (χ4v) is 3.34. The number of hydrogen-bond donors (Lipinski definition) is 0. The van der Waals surface area contributed by atoms with Gasteiger partial charge < -0.3 is 4.90 Å². The highest BCUT2D eigenvalue weighted by Gasteiger charge is 2.27. The number of benzene rings is 1. The lowest BCUT2D eigenvalue weighted by Crippen LogP contribution is -2.27. The van der Waals surface area contributed by atoms with Gasteiger partial charge in [-0.05, 0) is 47.9 Å². The Kier molecular flexibility index (Phi) is 1.70. The number of nitrogens with zero attached hydrogens (tertiary/aromatic N) is 1. The SMILES string of the molecule is [2H]C1([2H])C(=O)c2sccc2C(=C2C([2H])([2H])C([2H])([2H])N(C)C([2H])([2H])C2([2H])[2H])c2ccccc21. The number of ketones is 1. The lowest BCUT2D eigenvalue weighted by atomic mass is 9.88. The first-order chi connectivity index (χ1) is 14.5. The minimum absolute atomic E-state index is 0.0295. The van der Waals surface area contributed by atoms with Crippen LogP contribution in [-0.2, 0) is 6.37 Å². The molecule has 0 spiro atoms. The van der Waals surface area contributed by atoms with Gasteiger partial charge in [-0.1, -0.05) is 29.8 Å². The van der Waals surface area contributed by atoms with Gasteiger partial charge in [-0.3, -0.25) is 4.79 Å². The highest BCUT2D eigenvalue weighted by molar-refractivity contribution is 7.12. The minimum Gasteiger partial charge on any atom is -0.306 e. The number of rotatable bonds is 0. The van der Waals surface area contributed by atoms with E-state index in [9.17, 15) is 4.79 Å². The Hall–Kier alpha value is -1.71. The third-order valence-electron chi connectivity index (χ3n) is 3.53. The largest absolute Gasteiger partial charge is 0.306 e. The summed E-state index contributed by atoms with van der Waals surface area (Å²) in [6.07, 6.45) is -8.56. The Morgan fingerprint density at radius 3 is 2.73 bits per heavy atom. The fourth-order valence-electron chi connectivity index (χ4n) is 2.55. The summed E-state index contributed by atoms with van der Waals surface area (Å²) in [5.41, 5.74) is -1.00. The molecule has 112 valence electrons. The molecule has 1 aliphatic heterocycles. The van der Waals surface area contributed by atoms with Gasteiger partial charge in [0, 0.05) is 38.6 Å². The van der Waals surface area contributed by atoms with Crippen molar-refractivity contribution >= 4 is 22.7 Å². The number of hydrogen-bond acceptors (Lipinski definition) is 3. The van der Waals surface area contributed by atoms with Crippen LogP contribution in [0.1, 0.15) is 52.8 Å². The second kappa shape index (κ2) is 5.49. The molecule has 1 aromatic carbocycles. The molecule has 2 heterocycles. The Bertz CT molecular complexity index is 1140. The molecule has 0 amide bonds. The summed E-state index contributed by atoms with van der Waals surface area (Å²) in [5, 5.41) is 1.50. The lowest BCUT2D eigenvalue weighted by Gasteiger charge is -2.27. The van der Waals surface area contributed by atoms with Gasteiger partial charge in [0.2, 0.25) is 0 Å². The number of piperidine rings is 1. The Labute approximate surface area is 149 Å². The molecule has 0 saturated carbocycles. The van der Waals surface area contributed by atoms with E-state index in [-0.39, 0.29) is 27.1 Å². The summed E-state index contributed by atoms with van der Waals surface area (Å²) in [5.74, 6) is -0.870. The van der Waals surface area contributed by atoms with E-state index in [4.69, 9.17) is 13.7 Å². The van der Waals surface area contributed by atoms with Gasteiger partial charge in [0.1, 0.15) is 0 Å². The topological polar surface area (TPSA) is 20.3 Å². The van der Waals surface area contributed by atoms with Crippen LogP contribution in [0.5, 0.6) is 0 Å². The summed E-state index contributed by atoms with van der Waals surface area (Å²) < 4.78 is 85.0. The van der Waals surface area contributed by atoms with Gasteiger partial charge in [-0.2, -0.15) is 0 Å². The molecule has 0 N–H and O–H groups in total. The smallest absolute Gasteiger partial charge is 0.177 e. The Morgan fingerprint density at radius 2 is 1.91 bits per heavy atom. The van der Waals surface area contributed by atoms with Crippen LogP contribution < -0.4 is 0 Å². The fraction of sp³-hybridized carbons (Fsp3) is 0.316. The standard InChI is InChI=1S/C19H19NOS/c1-20-9-6-13(7-10-20)18-15-5-3-2-4-14(15)12-17(21)19-16(18)8-11-22-19/h2-5,8,11H,6-7,9-10,12H2,1H3/i6D2,7D2,9D2,10D2,12D2. The van der Waals surface area contributed by atoms with Crippen LogP contribution in [0.15, 0.2) is 41.3 Å². The first-order valence-corrected chi connectivity index (χ1v) is 7.62. The van der Waals surface area contributed by atoms with Crippen molar-refractivity contribution in [3.8, 4) is 0 Å². The number of carbonyl (C=O) groups excluding carboxylic acids is 1. The second-order valence-corrected chi connectivity index (χ2v) is 5.86. The molecular weight excluding hydrogens is 290 g/mol. The van der Waals surface area contributed by atoms with Crippen molar-refractivity contribution in [2.75, 3.05) is 20.0 Å². The first kappa shape index (κ1) is 6.81. The van der Waals surface area contributed by atoms with Crippen LogP contribution in [0, 0.1) is 0 Å². The number of carbonyl (C=O) groups is 1. The van der Waals surface area contributed by atoms with E-state index < -0.39 is 43.5 Å². The van der Waals surface area contributed by atoms with Crippen LogP contribution >= 0.6 is 11.3 Å². The van der Waals surface area contributed by atoms with Crippen LogP contribution in [0.25, 0.3) is 5.57 Å². The second-order valence-electron chi connectivity index (χ2n) is 4.95. The zero-order valence-electron chi connectivity index (χ0n) is 21.7. The maximum Gasteiger partial charge on any atom is 0.177 e. The maximum absolute atomic E-state index is 13.1. The molecule has 2 aromatic rings. The molecule has 3 heteroatoms. The highest BCUT2D eigenvalue weighted by Crippen LogP contribution is 2.40. The number of likely N-dealkylation sites (tertiary alicyclic amines) is 1. The minimum atomic E-state index is -3.03. The van der Waals surface area contributed by atoms with Crippen LogP contribution in [0.3, 0.4) is 0 Å². The summed E-state index contributed by atoms with van der Waals surface area (Å²) in [6, 6.07) is 7.25. The van der Waals surface area contributed by atoms with E-state index in [0.29, 0.717) is 4.90 Å².